The van der Waals surface area contributed by atoms with E-state index in [9.17, 15) is 14.9 Å². The molecule has 1 aliphatic carbocycles. The fraction of sp³-hybridized carbons (Fsp3) is 0.588. The summed E-state index contributed by atoms with van der Waals surface area (Å²) in [6.45, 7) is 5.92. The summed E-state index contributed by atoms with van der Waals surface area (Å²) < 4.78 is 5.37. The molecule has 0 aromatic heterocycles. The molecular weight excluding hydrogens is 296 g/mol. The monoisotopic (exact) mass is 320 g/mol. The van der Waals surface area contributed by atoms with Crippen molar-refractivity contribution in [3.63, 3.8) is 0 Å². The second-order valence-corrected chi connectivity index (χ2v) is 6.46. The number of nitrogens with one attached hydrogen (secondary N) is 1. The molecule has 3 unspecified atom stereocenters. The van der Waals surface area contributed by atoms with Gasteiger partial charge in [0, 0.05) is 12.1 Å². The highest BCUT2D eigenvalue weighted by atomic mass is 16.6. The van der Waals surface area contributed by atoms with Gasteiger partial charge in [0.05, 0.1) is 4.92 Å². The normalized spacial score (nSPS) is 24.0. The molecule has 6 heteroatoms. The largest absolute Gasteiger partial charge is 0.477 e. The Hall–Kier alpha value is -2.11. The summed E-state index contributed by atoms with van der Waals surface area (Å²) in [4.78, 5) is 22.6. The minimum Gasteiger partial charge on any atom is -0.477 e. The van der Waals surface area contributed by atoms with Gasteiger partial charge < -0.3 is 10.1 Å². The van der Waals surface area contributed by atoms with E-state index in [1.807, 2.05) is 0 Å². The molecule has 0 spiro atoms. The molecule has 2 rings (SSSR count). The van der Waals surface area contributed by atoms with Crippen molar-refractivity contribution in [1.29, 1.82) is 0 Å². The second kappa shape index (κ2) is 7.44. The van der Waals surface area contributed by atoms with Gasteiger partial charge in [-0.2, -0.15) is 0 Å². The summed E-state index contributed by atoms with van der Waals surface area (Å²) >= 11 is 0. The standard InChI is InChI=1S/C17H24N2O4/c1-11-7-8-16(15(9-11)19(21)22)23-10-17(20)18-14-6-4-5-12(2)13(14)3/h7-9,12-14H,4-6,10H2,1-3H3,(H,18,20). The van der Waals surface area contributed by atoms with E-state index in [-0.39, 0.29) is 30.0 Å². The third-order valence-corrected chi connectivity index (χ3v) is 4.72. The first kappa shape index (κ1) is 17.2. The van der Waals surface area contributed by atoms with Gasteiger partial charge in [0.15, 0.2) is 12.4 Å². The van der Waals surface area contributed by atoms with Gasteiger partial charge in [-0.05, 0) is 36.8 Å². The fourth-order valence-electron chi connectivity index (χ4n) is 3.07. The van der Waals surface area contributed by atoms with E-state index < -0.39 is 4.92 Å². The van der Waals surface area contributed by atoms with Gasteiger partial charge in [-0.25, -0.2) is 0 Å². The van der Waals surface area contributed by atoms with Crippen LogP contribution in [0.15, 0.2) is 18.2 Å². The van der Waals surface area contributed by atoms with Crippen LogP contribution in [0, 0.1) is 28.9 Å². The Bertz CT molecular complexity index is 588. The van der Waals surface area contributed by atoms with E-state index in [0.717, 1.165) is 18.4 Å². The molecule has 0 saturated heterocycles. The number of benzene rings is 1. The number of nitro benzene ring substituents is 1. The molecule has 1 amide bonds. The van der Waals surface area contributed by atoms with Crippen LogP contribution >= 0.6 is 0 Å². The highest BCUT2D eigenvalue weighted by Gasteiger charge is 2.28. The molecule has 126 valence electrons. The smallest absolute Gasteiger partial charge is 0.311 e. The molecule has 1 fully saturated rings. The number of hydrogen-bond acceptors (Lipinski definition) is 4. The van der Waals surface area contributed by atoms with E-state index >= 15 is 0 Å². The lowest BCUT2D eigenvalue weighted by Gasteiger charge is -2.34. The topological polar surface area (TPSA) is 81.5 Å². The van der Waals surface area contributed by atoms with E-state index in [0.29, 0.717) is 11.8 Å². The minimum absolute atomic E-state index is 0.113. The van der Waals surface area contributed by atoms with E-state index in [2.05, 4.69) is 19.2 Å². The van der Waals surface area contributed by atoms with Gasteiger partial charge in [0.2, 0.25) is 0 Å². The summed E-state index contributed by atoms with van der Waals surface area (Å²) in [5, 5.41) is 14.0. The third-order valence-electron chi connectivity index (χ3n) is 4.72. The quantitative estimate of drug-likeness (QED) is 0.667. The molecule has 1 saturated carbocycles. The SMILES string of the molecule is Cc1ccc(OCC(=O)NC2CCCC(C)C2C)c([N+](=O)[O-])c1. The van der Waals surface area contributed by atoms with Crippen LogP contribution in [0.2, 0.25) is 0 Å². The Kier molecular flexibility index (Phi) is 5.58. The summed E-state index contributed by atoms with van der Waals surface area (Å²) in [5.74, 6) is 0.918. The average molecular weight is 320 g/mol. The highest BCUT2D eigenvalue weighted by Crippen LogP contribution is 2.30. The molecular formula is C17H24N2O4. The minimum atomic E-state index is -0.495. The number of aryl methyl sites for hydroxylation is 1. The number of ether oxygens (including phenoxy) is 1. The van der Waals surface area contributed by atoms with Gasteiger partial charge in [-0.15, -0.1) is 0 Å². The third kappa shape index (κ3) is 4.43. The molecule has 1 N–H and O–H groups in total. The maximum atomic E-state index is 12.1. The number of nitro groups is 1. The Morgan fingerprint density at radius 2 is 2.13 bits per heavy atom. The first-order chi connectivity index (χ1) is 10.9. The van der Waals surface area contributed by atoms with Crippen molar-refractivity contribution in [3.8, 4) is 5.75 Å². The maximum absolute atomic E-state index is 12.1. The molecule has 1 aliphatic rings. The molecule has 0 aliphatic heterocycles. The van der Waals surface area contributed by atoms with Crippen LogP contribution in [-0.4, -0.2) is 23.5 Å². The van der Waals surface area contributed by atoms with Gasteiger partial charge in [-0.1, -0.05) is 32.8 Å². The van der Waals surface area contributed by atoms with Gasteiger partial charge in [-0.3, -0.25) is 14.9 Å². The first-order valence-corrected chi connectivity index (χ1v) is 8.05. The first-order valence-electron chi connectivity index (χ1n) is 8.05. The lowest BCUT2D eigenvalue weighted by molar-refractivity contribution is -0.385. The number of carbonyl (C=O) groups is 1. The van der Waals surface area contributed by atoms with Crippen molar-refractivity contribution in [1.82, 2.24) is 5.32 Å². The van der Waals surface area contributed by atoms with Crippen LogP contribution in [0.3, 0.4) is 0 Å². The van der Waals surface area contributed by atoms with Crippen molar-refractivity contribution >= 4 is 11.6 Å². The van der Waals surface area contributed by atoms with Crippen molar-refractivity contribution in [2.45, 2.75) is 46.1 Å². The number of amides is 1. The summed E-state index contributed by atoms with van der Waals surface area (Å²) in [5.41, 5.74) is 0.663. The lowest BCUT2D eigenvalue weighted by atomic mass is 9.78. The lowest BCUT2D eigenvalue weighted by Crippen LogP contribution is -2.45. The Morgan fingerprint density at radius 1 is 1.39 bits per heavy atom. The Morgan fingerprint density at radius 3 is 2.83 bits per heavy atom. The van der Waals surface area contributed by atoms with Gasteiger partial charge in [0.25, 0.3) is 5.91 Å². The number of carbonyl (C=O) groups excluding carboxylic acids is 1. The van der Waals surface area contributed by atoms with Crippen LogP contribution in [-0.2, 0) is 4.79 Å². The zero-order valence-corrected chi connectivity index (χ0v) is 13.9. The van der Waals surface area contributed by atoms with Crippen LogP contribution in [0.25, 0.3) is 0 Å². The van der Waals surface area contributed by atoms with Gasteiger partial charge in [0.1, 0.15) is 0 Å². The fourth-order valence-corrected chi connectivity index (χ4v) is 3.07. The summed E-state index contributed by atoms with van der Waals surface area (Å²) in [6.07, 6.45) is 3.28. The molecule has 6 nitrogen and oxygen atoms in total. The molecule has 0 heterocycles. The van der Waals surface area contributed by atoms with E-state index in [4.69, 9.17) is 4.74 Å². The maximum Gasteiger partial charge on any atom is 0.311 e. The van der Waals surface area contributed by atoms with Crippen LogP contribution in [0.1, 0.15) is 38.7 Å². The van der Waals surface area contributed by atoms with Crippen molar-refractivity contribution in [2.75, 3.05) is 6.61 Å². The van der Waals surface area contributed by atoms with Crippen molar-refractivity contribution in [2.24, 2.45) is 11.8 Å². The zero-order chi connectivity index (χ0) is 17.0. The number of nitrogens with zero attached hydrogens (tertiary/aromatic N) is 1. The molecule has 0 bridgehead atoms. The molecule has 1 aromatic carbocycles. The average Bonchev–Trinajstić information content (AvgIpc) is 2.50. The Balaban J connectivity index is 1.93. The molecule has 1 aromatic rings. The van der Waals surface area contributed by atoms with E-state index in [1.54, 1.807) is 13.0 Å². The Labute approximate surface area is 136 Å². The summed E-state index contributed by atoms with van der Waals surface area (Å²) in [7, 11) is 0. The molecule has 0 radical (unpaired) electrons. The molecule has 23 heavy (non-hydrogen) atoms. The van der Waals surface area contributed by atoms with Crippen LogP contribution < -0.4 is 10.1 Å². The second-order valence-electron chi connectivity index (χ2n) is 6.46. The summed E-state index contributed by atoms with van der Waals surface area (Å²) in [6, 6.07) is 4.86. The highest BCUT2D eigenvalue weighted by molar-refractivity contribution is 5.78. The number of rotatable bonds is 5. The molecule has 3 atom stereocenters. The predicted molar refractivity (Wildman–Crippen MR) is 87.4 cm³/mol. The van der Waals surface area contributed by atoms with Crippen LogP contribution in [0.5, 0.6) is 5.75 Å². The van der Waals surface area contributed by atoms with Gasteiger partial charge >= 0.3 is 5.69 Å². The predicted octanol–water partition coefficient (Wildman–Crippen LogP) is 3.22. The number of hydrogen-bond donors (Lipinski definition) is 1. The zero-order valence-electron chi connectivity index (χ0n) is 13.9. The van der Waals surface area contributed by atoms with Crippen LogP contribution in [0.4, 0.5) is 5.69 Å². The van der Waals surface area contributed by atoms with Crippen molar-refractivity contribution in [3.05, 3.63) is 33.9 Å². The van der Waals surface area contributed by atoms with E-state index in [1.165, 1.54) is 18.6 Å². The van der Waals surface area contributed by atoms with Crippen molar-refractivity contribution < 1.29 is 14.5 Å².